The van der Waals surface area contributed by atoms with Gasteiger partial charge in [-0.25, -0.2) is 4.79 Å². The summed E-state index contributed by atoms with van der Waals surface area (Å²) in [6.07, 6.45) is 4.85. The SMILES string of the molecule is CO/C1=C\C(C)=C\[C@@H](C)[C@@H](O)[C@H](C)C/C(C)=C/C=C/[C@@H](OC)C([C@@H](C)[C@@H](O)[C@H](C)[C@@]2(O)C[C@@H](O)[C@H](C)[C@@H](C(C)C)O2)OC1=O. The minimum absolute atomic E-state index is 0.00492. The van der Waals surface area contributed by atoms with Gasteiger partial charge in [-0.1, -0.05) is 83.9 Å². The minimum Gasteiger partial charge on any atom is -0.490 e. The monoisotopic (exact) mass is 622 g/mol. The highest BCUT2D eigenvalue weighted by atomic mass is 16.6. The van der Waals surface area contributed by atoms with Gasteiger partial charge >= 0.3 is 5.97 Å². The smallest absolute Gasteiger partial charge is 0.373 e. The highest BCUT2D eigenvalue weighted by molar-refractivity contribution is 5.87. The Morgan fingerprint density at radius 1 is 1.05 bits per heavy atom. The molecule has 0 saturated carbocycles. The van der Waals surface area contributed by atoms with E-state index in [1.807, 2.05) is 66.7 Å². The first kappa shape index (κ1) is 38.2. The van der Waals surface area contributed by atoms with E-state index < -0.39 is 60.2 Å². The lowest BCUT2D eigenvalue weighted by molar-refractivity contribution is -0.328. The molecule has 1 fully saturated rings. The Labute approximate surface area is 264 Å². The van der Waals surface area contributed by atoms with Crippen LogP contribution in [0.2, 0.25) is 0 Å². The maximum absolute atomic E-state index is 13.5. The van der Waals surface area contributed by atoms with Gasteiger partial charge < -0.3 is 39.4 Å². The number of hydrogen-bond donors (Lipinski definition) is 4. The number of aliphatic hydroxyl groups excluding tert-OH is 3. The van der Waals surface area contributed by atoms with Gasteiger partial charge in [-0.2, -0.15) is 0 Å². The van der Waals surface area contributed by atoms with Crippen LogP contribution >= 0.6 is 0 Å². The fourth-order valence-electron chi connectivity index (χ4n) is 6.54. The largest absolute Gasteiger partial charge is 0.490 e. The molecule has 0 spiro atoms. The van der Waals surface area contributed by atoms with E-state index in [2.05, 4.69) is 0 Å². The molecule has 2 heterocycles. The summed E-state index contributed by atoms with van der Waals surface area (Å²) in [7, 11) is 2.87. The van der Waals surface area contributed by atoms with Crippen LogP contribution in [0.3, 0.4) is 0 Å². The number of hydrogen-bond acceptors (Lipinski definition) is 9. The Kier molecular flexibility index (Phi) is 14.3. The number of carbonyl (C=O) groups excluding carboxylic acids is 1. The standard InChI is InChI=1S/C35H58O9/c1-19(2)32-24(7)27(36)18-35(40,44-32)26(9)31(38)25(8)33-28(41-10)14-12-13-20(3)15-22(5)30(37)23(6)16-21(4)17-29(42-11)34(39)43-33/h12-14,16-17,19,22-28,30-33,36-38,40H,15,18H2,1-11H3/b14-12+,20-13+,21-16+,29-17-/t22-,23-,24+,25+,26+,27-,28-,30+,31-,32-,33?,35-/m1/s1. The molecule has 0 aliphatic carbocycles. The van der Waals surface area contributed by atoms with E-state index in [1.165, 1.54) is 14.2 Å². The molecule has 0 amide bonds. The molecule has 9 nitrogen and oxygen atoms in total. The zero-order chi connectivity index (χ0) is 33.5. The molecule has 9 heteroatoms. The molecular weight excluding hydrogens is 564 g/mol. The number of allylic oxidation sites excluding steroid dienone is 5. The van der Waals surface area contributed by atoms with E-state index in [4.69, 9.17) is 18.9 Å². The zero-order valence-electron chi connectivity index (χ0n) is 28.6. The summed E-state index contributed by atoms with van der Waals surface area (Å²) < 4.78 is 23.4. The third kappa shape index (κ3) is 9.50. The van der Waals surface area contributed by atoms with Gasteiger partial charge in [0, 0.05) is 37.2 Å². The van der Waals surface area contributed by atoms with Crippen molar-refractivity contribution in [2.45, 2.75) is 118 Å². The normalized spacial score (nSPS) is 41.2. The highest BCUT2D eigenvalue weighted by Gasteiger charge is 2.51. The molecule has 2 rings (SSSR count). The van der Waals surface area contributed by atoms with E-state index in [9.17, 15) is 25.2 Å². The van der Waals surface area contributed by atoms with Crippen LogP contribution in [0.15, 0.2) is 47.3 Å². The lowest BCUT2D eigenvalue weighted by Crippen LogP contribution is -2.59. The first-order valence-electron chi connectivity index (χ1n) is 15.9. The lowest BCUT2D eigenvalue weighted by atomic mass is 9.76. The molecule has 0 aromatic rings. The molecule has 0 radical (unpaired) electrons. The van der Waals surface area contributed by atoms with Crippen molar-refractivity contribution in [1.29, 1.82) is 0 Å². The molecule has 44 heavy (non-hydrogen) atoms. The summed E-state index contributed by atoms with van der Waals surface area (Å²) in [5, 5.41) is 45.0. The van der Waals surface area contributed by atoms with Gasteiger partial charge in [0.1, 0.15) is 12.2 Å². The second-order valence-corrected chi connectivity index (χ2v) is 13.6. The van der Waals surface area contributed by atoms with Crippen LogP contribution in [0.5, 0.6) is 0 Å². The minimum atomic E-state index is -1.80. The van der Waals surface area contributed by atoms with Gasteiger partial charge in [-0.15, -0.1) is 0 Å². The van der Waals surface area contributed by atoms with Crippen molar-refractivity contribution in [3.05, 3.63) is 47.3 Å². The Bertz CT molecular complexity index is 1060. The number of aliphatic hydroxyl groups is 4. The maximum atomic E-state index is 13.5. The van der Waals surface area contributed by atoms with E-state index in [-0.39, 0.29) is 35.9 Å². The molecule has 252 valence electrons. The predicted octanol–water partition coefficient (Wildman–Crippen LogP) is 4.69. The van der Waals surface area contributed by atoms with Crippen LogP contribution in [-0.4, -0.2) is 83.0 Å². The second kappa shape index (κ2) is 16.5. The average molecular weight is 623 g/mol. The van der Waals surface area contributed by atoms with Crippen LogP contribution < -0.4 is 0 Å². The number of rotatable bonds is 7. The van der Waals surface area contributed by atoms with Crippen molar-refractivity contribution in [2.24, 2.45) is 35.5 Å². The van der Waals surface area contributed by atoms with Gasteiger partial charge in [0.2, 0.25) is 5.76 Å². The van der Waals surface area contributed by atoms with Gasteiger partial charge in [0.05, 0.1) is 31.5 Å². The van der Waals surface area contributed by atoms with Crippen molar-refractivity contribution >= 4 is 5.97 Å². The Morgan fingerprint density at radius 2 is 1.68 bits per heavy atom. The van der Waals surface area contributed by atoms with Crippen LogP contribution in [-0.2, 0) is 23.7 Å². The van der Waals surface area contributed by atoms with Crippen LogP contribution in [0, 0.1) is 35.5 Å². The molecule has 0 bridgehead atoms. The number of cyclic esters (lactones) is 1. The van der Waals surface area contributed by atoms with Gasteiger partial charge in [0.15, 0.2) is 5.79 Å². The molecule has 4 N–H and O–H groups in total. The summed E-state index contributed by atoms with van der Waals surface area (Å²) in [4.78, 5) is 13.5. The third-order valence-electron chi connectivity index (χ3n) is 9.50. The summed E-state index contributed by atoms with van der Waals surface area (Å²) >= 11 is 0. The number of ether oxygens (including phenoxy) is 4. The second-order valence-electron chi connectivity index (χ2n) is 13.6. The Morgan fingerprint density at radius 3 is 2.25 bits per heavy atom. The van der Waals surface area contributed by atoms with Crippen molar-refractivity contribution in [3.63, 3.8) is 0 Å². The molecule has 1 saturated heterocycles. The first-order valence-corrected chi connectivity index (χ1v) is 15.9. The van der Waals surface area contributed by atoms with Crippen molar-refractivity contribution in [2.75, 3.05) is 14.2 Å². The lowest BCUT2D eigenvalue weighted by Gasteiger charge is -2.49. The molecule has 0 aromatic carbocycles. The molecule has 12 atom stereocenters. The van der Waals surface area contributed by atoms with Gasteiger partial charge in [-0.05, 0) is 38.2 Å². The van der Waals surface area contributed by atoms with Crippen LogP contribution in [0.1, 0.15) is 75.2 Å². The van der Waals surface area contributed by atoms with Gasteiger partial charge in [-0.3, -0.25) is 0 Å². The molecule has 0 aromatic heterocycles. The molecule has 1 unspecified atom stereocenters. The third-order valence-corrected chi connectivity index (χ3v) is 9.50. The molecular formula is C35H58O9. The average Bonchev–Trinajstić information content (AvgIpc) is 2.96. The first-order chi connectivity index (χ1) is 20.5. The number of methoxy groups -OCH3 is 2. The van der Waals surface area contributed by atoms with E-state index >= 15 is 0 Å². The van der Waals surface area contributed by atoms with Crippen molar-refractivity contribution in [3.8, 4) is 0 Å². The molecule has 2 aliphatic heterocycles. The van der Waals surface area contributed by atoms with E-state index in [1.54, 1.807) is 26.0 Å². The number of esters is 1. The van der Waals surface area contributed by atoms with Gasteiger partial charge in [0.25, 0.3) is 0 Å². The fraction of sp³-hybridized carbons (Fsp3) is 0.743. The summed E-state index contributed by atoms with van der Waals surface area (Å²) in [5.41, 5.74) is 1.78. The fourth-order valence-corrected chi connectivity index (χ4v) is 6.54. The van der Waals surface area contributed by atoms with Crippen molar-refractivity contribution in [1.82, 2.24) is 0 Å². The quantitative estimate of drug-likeness (QED) is 0.298. The van der Waals surface area contributed by atoms with Crippen molar-refractivity contribution < 1.29 is 44.2 Å². The topological polar surface area (TPSA) is 135 Å². The Balaban J connectivity index is 2.52. The summed E-state index contributed by atoms with van der Waals surface area (Å²) in [6.45, 7) is 17.0. The predicted molar refractivity (Wildman–Crippen MR) is 170 cm³/mol. The van der Waals surface area contributed by atoms with E-state index in [0.717, 1.165) is 11.1 Å². The van der Waals surface area contributed by atoms with E-state index in [0.29, 0.717) is 6.42 Å². The summed E-state index contributed by atoms with van der Waals surface area (Å²) in [5.74, 6) is -4.49. The number of carbonyl (C=O) groups is 1. The van der Waals surface area contributed by atoms with Crippen LogP contribution in [0.25, 0.3) is 0 Å². The molecule has 2 aliphatic rings. The van der Waals surface area contributed by atoms with Crippen LogP contribution in [0.4, 0.5) is 0 Å². The zero-order valence-corrected chi connectivity index (χ0v) is 28.6. The summed E-state index contributed by atoms with van der Waals surface area (Å²) in [6, 6.07) is 0. The maximum Gasteiger partial charge on any atom is 0.373 e. The highest BCUT2D eigenvalue weighted by Crippen LogP contribution is 2.41. The Hall–Kier alpha value is -2.01.